The van der Waals surface area contributed by atoms with E-state index in [9.17, 15) is 0 Å². The average Bonchev–Trinajstić information content (AvgIpc) is 2.73. The van der Waals surface area contributed by atoms with E-state index in [0.717, 1.165) is 28.1 Å². The Labute approximate surface area is 92.2 Å². The fraction of sp³-hybridized carbons (Fsp3) is 0. The molecule has 4 nitrogen and oxygen atoms in total. The number of aromatic amines is 1. The highest BCUT2D eigenvalue weighted by Gasteiger charge is 2.03. The Morgan fingerprint density at radius 1 is 1.00 bits per heavy atom. The molecule has 2 aromatic heterocycles. The van der Waals surface area contributed by atoms with Gasteiger partial charge in [-0.05, 0) is 23.8 Å². The molecule has 1 aromatic carbocycles. The molecule has 0 bridgehead atoms. The van der Waals surface area contributed by atoms with E-state index in [0.29, 0.717) is 0 Å². The van der Waals surface area contributed by atoms with E-state index in [1.54, 1.807) is 12.4 Å². The van der Waals surface area contributed by atoms with Crippen molar-refractivity contribution in [2.45, 2.75) is 0 Å². The van der Waals surface area contributed by atoms with Gasteiger partial charge in [0.05, 0.1) is 0 Å². The molecule has 78 valence electrons. The van der Waals surface area contributed by atoms with Crippen LogP contribution < -0.4 is 5.73 Å². The summed E-state index contributed by atoms with van der Waals surface area (Å²) in [7, 11) is 0. The van der Waals surface area contributed by atoms with Crippen LogP contribution in [0.4, 0.5) is 5.69 Å². The number of hydrogen-bond acceptors (Lipinski definition) is 3. The Hall–Kier alpha value is -2.36. The number of nitrogen functional groups attached to an aromatic ring is 1. The van der Waals surface area contributed by atoms with Crippen LogP contribution in [0.5, 0.6) is 0 Å². The SMILES string of the molecule is Nc1ccc(-c2cc3nccnc3[nH]2)cc1. The van der Waals surface area contributed by atoms with Gasteiger partial charge in [0.2, 0.25) is 0 Å². The summed E-state index contributed by atoms with van der Waals surface area (Å²) in [5, 5.41) is 0. The molecule has 0 unspecified atom stereocenters. The number of fused-ring (bicyclic) bond motifs is 1. The second-order valence-electron chi connectivity index (χ2n) is 3.60. The molecule has 0 fully saturated rings. The van der Waals surface area contributed by atoms with Crippen molar-refractivity contribution < 1.29 is 0 Å². The van der Waals surface area contributed by atoms with Crippen LogP contribution in [0.15, 0.2) is 42.7 Å². The average molecular weight is 210 g/mol. The van der Waals surface area contributed by atoms with Crippen LogP contribution in [0.3, 0.4) is 0 Å². The van der Waals surface area contributed by atoms with Crippen molar-refractivity contribution in [3.05, 3.63) is 42.7 Å². The maximum absolute atomic E-state index is 5.64. The fourth-order valence-corrected chi connectivity index (χ4v) is 1.67. The molecule has 3 aromatic rings. The summed E-state index contributed by atoms with van der Waals surface area (Å²) in [6.07, 6.45) is 3.36. The summed E-state index contributed by atoms with van der Waals surface area (Å²) >= 11 is 0. The van der Waals surface area contributed by atoms with Gasteiger partial charge in [-0.2, -0.15) is 0 Å². The van der Waals surface area contributed by atoms with Gasteiger partial charge in [-0.15, -0.1) is 0 Å². The number of nitrogens with two attached hydrogens (primary N) is 1. The third kappa shape index (κ3) is 1.40. The lowest BCUT2D eigenvalue weighted by Crippen LogP contribution is -1.83. The van der Waals surface area contributed by atoms with Crippen LogP contribution in [-0.2, 0) is 0 Å². The Bertz CT molecular complexity index is 592. The highest BCUT2D eigenvalue weighted by atomic mass is 14.9. The molecule has 0 aliphatic carbocycles. The molecule has 0 amide bonds. The predicted molar refractivity (Wildman–Crippen MR) is 63.7 cm³/mol. The predicted octanol–water partition coefficient (Wildman–Crippen LogP) is 2.21. The molecule has 0 saturated heterocycles. The molecular weight excluding hydrogens is 200 g/mol. The van der Waals surface area contributed by atoms with Crippen LogP contribution in [0.25, 0.3) is 22.4 Å². The third-order valence-corrected chi connectivity index (χ3v) is 2.48. The topological polar surface area (TPSA) is 67.6 Å². The van der Waals surface area contributed by atoms with E-state index in [1.165, 1.54) is 0 Å². The number of nitrogens with zero attached hydrogens (tertiary/aromatic N) is 2. The van der Waals surface area contributed by atoms with Crippen LogP contribution >= 0.6 is 0 Å². The Morgan fingerprint density at radius 2 is 1.75 bits per heavy atom. The minimum atomic E-state index is 0.760. The summed E-state index contributed by atoms with van der Waals surface area (Å²) in [5.41, 5.74) is 10.2. The molecular formula is C12H10N4. The molecule has 0 radical (unpaired) electrons. The van der Waals surface area contributed by atoms with Gasteiger partial charge in [-0.25, -0.2) is 4.98 Å². The molecule has 0 aliphatic heterocycles. The van der Waals surface area contributed by atoms with Crippen molar-refractivity contribution in [3.8, 4) is 11.3 Å². The van der Waals surface area contributed by atoms with Gasteiger partial charge in [0, 0.05) is 23.8 Å². The lowest BCUT2D eigenvalue weighted by Gasteiger charge is -1.97. The van der Waals surface area contributed by atoms with Crippen molar-refractivity contribution >= 4 is 16.9 Å². The number of anilines is 1. The quantitative estimate of drug-likeness (QED) is 0.605. The first-order valence-electron chi connectivity index (χ1n) is 4.98. The van der Waals surface area contributed by atoms with Crippen molar-refractivity contribution in [3.63, 3.8) is 0 Å². The van der Waals surface area contributed by atoms with Crippen molar-refractivity contribution in [2.75, 3.05) is 5.73 Å². The van der Waals surface area contributed by atoms with Crippen molar-refractivity contribution in [1.82, 2.24) is 15.0 Å². The number of nitrogens with one attached hydrogen (secondary N) is 1. The summed E-state index contributed by atoms with van der Waals surface area (Å²) in [5.74, 6) is 0. The zero-order chi connectivity index (χ0) is 11.0. The maximum Gasteiger partial charge on any atom is 0.156 e. The van der Waals surface area contributed by atoms with Gasteiger partial charge < -0.3 is 10.7 Å². The van der Waals surface area contributed by atoms with Crippen LogP contribution in [0, 0.1) is 0 Å². The first-order valence-corrected chi connectivity index (χ1v) is 4.98. The standard InChI is InChI=1S/C12H10N4/c13-9-3-1-8(2-4-9)10-7-11-12(16-10)15-6-5-14-11/h1-7H,13H2,(H,15,16). The largest absolute Gasteiger partial charge is 0.399 e. The number of rotatable bonds is 1. The van der Waals surface area contributed by atoms with Gasteiger partial charge in [-0.3, -0.25) is 4.98 Å². The van der Waals surface area contributed by atoms with Gasteiger partial charge in [0.15, 0.2) is 5.65 Å². The number of hydrogen-bond donors (Lipinski definition) is 2. The van der Waals surface area contributed by atoms with E-state index in [4.69, 9.17) is 5.73 Å². The van der Waals surface area contributed by atoms with Crippen molar-refractivity contribution in [2.24, 2.45) is 0 Å². The van der Waals surface area contributed by atoms with Gasteiger partial charge in [0.1, 0.15) is 5.52 Å². The molecule has 2 heterocycles. The van der Waals surface area contributed by atoms with Gasteiger partial charge in [-0.1, -0.05) is 12.1 Å². The monoisotopic (exact) mass is 210 g/mol. The third-order valence-electron chi connectivity index (χ3n) is 2.48. The highest BCUT2D eigenvalue weighted by Crippen LogP contribution is 2.22. The molecule has 0 spiro atoms. The zero-order valence-electron chi connectivity index (χ0n) is 8.51. The fourth-order valence-electron chi connectivity index (χ4n) is 1.67. The highest BCUT2D eigenvalue weighted by molar-refractivity contribution is 5.79. The van der Waals surface area contributed by atoms with E-state index in [-0.39, 0.29) is 0 Å². The van der Waals surface area contributed by atoms with Crippen LogP contribution in [-0.4, -0.2) is 15.0 Å². The smallest absolute Gasteiger partial charge is 0.156 e. The van der Waals surface area contributed by atoms with Crippen LogP contribution in [0.2, 0.25) is 0 Å². The maximum atomic E-state index is 5.64. The molecule has 3 rings (SSSR count). The number of benzene rings is 1. The van der Waals surface area contributed by atoms with Crippen LogP contribution in [0.1, 0.15) is 0 Å². The van der Waals surface area contributed by atoms with E-state index in [2.05, 4.69) is 15.0 Å². The lowest BCUT2D eigenvalue weighted by molar-refractivity contribution is 1.26. The number of aromatic nitrogens is 3. The Morgan fingerprint density at radius 3 is 2.50 bits per heavy atom. The second-order valence-corrected chi connectivity index (χ2v) is 3.60. The Balaban J connectivity index is 2.15. The minimum absolute atomic E-state index is 0.760. The minimum Gasteiger partial charge on any atom is -0.399 e. The molecule has 0 atom stereocenters. The molecule has 3 N–H and O–H groups in total. The second kappa shape index (κ2) is 3.34. The first kappa shape index (κ1) is 8.91. The number of H-pyrrole nitrogens is 1. The first-order chi connectivity index (χ1) is 7.83. The molecule has 16 heavy (non-hydrogen) atoms. The van der Waals surface area contributed by atoms with E-state index in [1.807, 2.05) is 30.3 Å². The van der Waals surface area contributed by atoms with Gasteiger partial charge >= 0.3 is 0 Å². The summed E-state index contributed by atoms with van der Waals surface area (Å²) in [6.45, 7) is 0. The molecule has 4 heteroatoms. The summed E-state index contributed by atoms with van der Waals surface area (Å²) in [6, 6.07) is 9.68. The molecule has 0 saturated carbocycles. The van der Waals surface area contributed by atoms with Crippen molar-refractivity contribution in [1.29, 1.82) is 0 Å². The lowest BCUT2D eigenvalue weighted by atomic mass is 10.1. The Kier molecular flexibility index (Phi) is 1.86. The zero-order valence-corrected chi connectivity index (χ0v) is 8.51. The van der Waals surface area contributed by atoms with Gasteiger partial charge in [0.25, 0.3) is 0 Å². The van der Waals surface area contributed by atoms with E-state index < -0.39 is 0 Å². The van der Waals surface area contributed by atoms with E-state index >= 15 is 0 Å². The summed E-state index contributed by atoms with van der Waals surface area (Å²) < 4.78 is 0. The summed E-state index contributed by atoms with van der Waals surface area (Å²) in [4.78, 5) is 11.6. The molecule has 0 aliphatic rings. The normalized spacial score (nSPS) is 10.8.